The first-order chi connectivity index (χ1) is 19.4. The van der Waals surface area contributed by atoms with Crippen molar-refractivity contribution in [3.63, 3.8) is 0 Å². The van der Waals surface area contributed by atoms with Crippen LogP contribution in [0.2, 0.25) is 0 Å². The van der Waals surface area contributed by atoms with E-state index in [0.717, 1.165) is 11.6 Å². The summed E-state index contributed by atoms with van der Waals surface area (Å²) in [7, 11) is 3.34. The van der Waals surface area contributed by atoms with Crippen molar-refractivity contribution in [2.75, 3.05) is 19.4 Å². The van der Waals surface area contributed by atoms with Crippen LogP contribution in [0.3, 0.4) is 0 Å². The SMILES string of the molecule is CN(C)C(=O)Cn1cc(Cc2ncc(-c3ccc(CC(=O)Nc4cc(C5(C(F)(F)F)CC5)on4)c(F)c3)cn2)cn1. The Labute approximate surface area is 231 Å². The molecule has 0 spiro atoms. The summed E-state index contributed by atoms with van der Waals surface area (Å²) >= 11 is 0. The fourth-order valence-corrected chi connectivity index (χ4v) is 4.23. The molecule has 3 aromatic heterocycles. The number of carbonyl (C=O) groups excluding carboxylic acids is 2. The molecule has 214 valence electrons. The molecule has 2 amide bonds. The number of benzene rings is 1. The number of hydrogen-bond donors (Lipinski definition) is 1. The van der Waals surface area contributed by atoms with Gasteiger partial charge in [-0.2, -0.15) is 18.3 Å². The van der Waals surface area contributed by atoms with Gasteiger partial charge in [-0.3, -0.25) is 14.3 Å². The molecule has 1 saturated carbocycles. The molecule has 1 N–H and O–H groups in total. The van der Waals surface area contributed by atoms with Crippen LogP contribution in [-0.4, -0.2) is 61.9 Å². The van der Waals surface area contributed by atoms with Crippen LogP contribution in [-0.2, 0) is 34.4 Å². The zero-order valence-corrected chi connectivity index (χ0v) is 22.1. The zero-order chi connectivity index (χ0) is 29.4. The molecule has 41 heavy (non-hydrogen) atoms. The molecule has 1 aliphatic rings. The molecule has 0 saturated heterocycles. The van der Waals surface area contributed by atoms with Gasteiger partial charge < -0.3 is 14.7 Å². The Kier molecular flexibility index (Phi) is 7.32. The van der Waals surface area contributed by atoms with E-state index in [-0.39, 0.29) is 48.9 Å². The van der Waals surface area contributed by atoms with Crippen molar-refractivity contribution < 1.29 is 31.7 Å². The summed E-state index contributed by atoms with van der Waals surface area (Å²) in [5.74, 6) is -1.38. The molecule has 0 atom stereocenters. The summed E-state index contributed by atoms with van der Waals surface area (Å²) in [6.45, 7) is 0.125. The van der Waals surface area contributed by atoms with Crippen LogP contribution in [0.1, 0.15) is 35.6 Å². The summed E-state index contributed by atoms with van der Waals surface area (Å²) in [5.41, 5.74) is -0.0804. The predicted octanol–water partition coefficient (Wildman–Crippen LogP) is 3.92. The number of likely N-dealkylation sites (N-methyl/N-ethyl adjacent to an activating group) is 1. The van der Waals surface area contributed by atoms with Gasteiger partial charge in [0, 0.05) is 50.7 Å². The van der Waals surface area contributed by atoms with Gasteiger partial charge in [0.05, 0.1) is 12.6 Å². The van der Waals surface area contributed by atoms with Crippen LogP contribution in [0, 0.1) is 5.82 Å². The highest BCUT2D eigenvalue weighted by Gasteiger charge is 2.66. The zero-order valence-electron chi connectivity index (χ0n) is 22.1. The molecule has 0 radical (unpaired) electrons. The number of hydrogen-bond acceptors (Lipinski definition) is 7. The van der Waals surface area contributed by atoms with Crippen molar-refractivity contribution in [2.45, 2.75) is 43.8 Å². The predicted molar refractivity (Wildman–Crippen MR) is 137 cm³/mol. The van der Waals surface area contributed by atoms with Crippen LogP contribution in [0.5, 0.6) is 0 Å². The van der Waals surface area contributed by atoms with Gasteiger partial charge in [-0.05, 0) is 35.6 Å². The third-order valence-electron chi connectivity index (χ3n) is 6.83. The second kappa shape index (κ2) is 10.7. The first kappa shape index (κ1) is 27.9. The Bertz CT molecular complexity index is 1570. The number of nitrogens with one attached hydrogen (secondary N) is 1. The average Bonchev–Trinajstić information content (AvgIpc) is 3.44. The van der Waals surface area contributed by atoms with Gasteiger partial charge >= 0.3 is 6.18 Å². The number of amides is 2. The first-order valence-corrected chi connectivity index (χ1v) is 12.6. The fraction of sp³-hybridized carbons (Fsp3) is 0.333. The van der Waals surface area contributed by atoms with Crippen LogP contribution in [0.25, 0.3) is 11.1 Å². The molecule has 1 fully saturated rings. The molecular formula is C27H25F4N7O3. The first-order valence-electron chi connectivity index (χ1n) is 12.6. The maximum atomic E-state index is 14.8. The van der Waals surface area contributed by atoms with Gasteiger partial charge in [-0.15, -0.1) is 0 Å². The standard InChI is InChI=1S/C27H25F4N7O3/c1-37(2)25(40)15-38-14-16(11-34-38)7-22-32-12-19(13-33-22)17-3-4-18(20(28)8-17)9-24(39)35-23-10-21(41-36-23)26(5-6-26)27(29,30)31/h3-4,8,10-14H,5-7,9,15H2,1-2H3,(H,35,36,39). The number of rotatable bonds is 9. The molecule has 10 nitrogen and oxygen atoms in total. The quantitative estimate of drug-likeness (QED) is 0.303. The lowest BCUT2D eigenvalue weighted by atomic mass is 10.0. The molecule has 1 aromatic carbocycles. The average molecular weight is 572 g/mol. The van der Waals surface area contributed by atoms with E-state index in [9.17, 15) is 27.2 Å². The van der Waals surface area contributed by atoms with E-state index in [1.54, 1.807) is 44.9 Å². The lowest BCUT2D eigenvalue weighted by Gasteiger charge is -2.14. The fourth-order valence-electron chi connectivity index (χ4n) is 4.23. The molecule has 14 heteroatoms. The summed E-state index contributed by atoms with van der Waals surface area (Å²) in [6.07, 6.45) is 1.86. The molecule has 3 heterocycles. The van der Waals surface area contributed by atoms with Crippen LogP contribution >= 0.6 is 0 Å². The minimum Gasteiger partial charge on any atom is -0.358 e. The molecule has 4 aromatic rings. The number of anilines is 1. The van der Waals surface area contributed by atoms with E-state index in [0.29, 0.717) is 23.4 Å². The monoisotopic (exact) mass is 571 g/mol. The second-order valence-electron chi connectivity index (χ2n) is 10.1. The van der Waals surface area contributed by atoms with E-state index >= 15 is 0 Å². The number of halogens is 4. The largest absolute Gasteiger partial charge is 0.401 e. The summed E-state index contributed by atoms with van der Waals surface area (Å²) in [6, 6.07) is 5.36. The number of nitrogens with zero attached hydrogens (tertiary/aromatic N) is 6. The smallest absolute Gasteiger partial charge is 0.358 e. The normalized spacial score (nSPS) is 14.1. The maximum absolute atomic E-state index is 14.8. The van der Waals surface area contributed by atoms with E-state index in [1.807, 2.05) is 0 Å². The van der Waals surface area contributed by atoms with Crippen LogP contribution in [0.15, 0.2) is 53.6 Å². The molecule has 5 rings (SSSR count). The van der Waals surface area contributed by atoms with Crippen molar-refractivity contribution in [3.05, 3.63) is 77.6 Å². The van der Waals surface area contributed by atoms with Gasteiger partial charge in [0.1, 0.15) is 23.6 Å². The third-order valence-corrected chi connectivity index (χ3v) is 6.83. The van der Waals surface area contributed by atoms with Gasteiger partial charge in [-0.1, -0.05) is 17.3 Å². The summed E-state index contributed by atoms with van der Waals surface area (Å²) in [5, 5.41) is 10.0. The highest BCUT2D eigenvalue weighted by molar-refractivity contribution is 5.91. The highest BCUT2D eigenvalue weighted by atomic mass is 19.4. The highest BCUT2D eigenvalue weighted by Crippen LogP contribution is 2.59. The van der Waals surface area contributed by atoms with Crippen molar-refractivity contribution in [1.29, 1.82) is 0 Å². The number of carbonyl (C=O) groups is 2. The van der Waals surface area contributed by atoms with Crippen molar-refractivity contribution in [3.8, 4) is 11.1 Å². The second-order valence-corrected chi connectivity index (χ2v) is 10.1. The lowest BCUT2D eigenvalue weighted by Crippen LogP contribution is -2.28. The van der Waals surface area contributed by atoms with Crippen LogP contribution < -0.4 is 5.32 Å². The molecule has 0 aliphatic heterocycles. The number of alkyl halides is 3. The number of aromatic nitrogens is 5. The topological polar surface area (TPSA) is 119 Å². The lowest BCUT2D eigenvalue weighted by molar-refractivity contribution is -0.165. The molecule has 0 unspecified atom stereocenters. The molecular weight excluding hydrogens is 546 g/mol. The van der Waals surface area contributed by atoms with E-state index < -0.39 is 23.3 Å². The van der Waals surface area contributed by atoms with E-state index in [1.165, 1.54) is 21.7 Å². The van der Waals surface area contributed by atoms with Crippen LogP contribution in [0.4, 0.5) is 23.4 Å². The third kappa shape index (κ3) is 6.10. The van der Waals surface area contributed by atoms with Crippen molar-refractivity contribution in [2.24, 2.45) is 0 Å². The van der Waals surface area contributed by atoms with E-state index in [2.05, 4.69) is 25.5 Å². The Morgan fingerprint density at radius 3 is 2.46 bits per heavy atom. The molecule has 1 aliphatic carbocycles. The van der Waals surface area contributed by atoms with Crippen molar-refractivity contribution in [1.82, 2.24) is 29.8 Å². The van der Waals surface area contributed by atoms with Gasteiger partial charge in [0.2, 0.25) is 11.8 Å². The Balaban J connectivity index is 1.18. The summed E-state index contributed by atoms with van der Waals surface area (Å²) in [4.78, 5) is 34.4. The minimum atomic E-state index is -4.47. The van der Waals surface area contributed by atoms with Gasteiger partial charge in [0.15, 0.2) is 11.6 Å². The Morgan fingerprint density at radius 1 is 1.10 bits per heavy atom. The van der Waals surface area contributed by atoms with E-state index in [4.69, 9.17) is 4.52 Å². The minimum absolute atomic E-state index is 0.0843. The van der Waals surface area contributed by atoms with Crippen molar-refractivity contribution >= 4 is 17.6 Å². The Morgan fingerprint density at radius 2 is 1.83 bits per heavy atom. The maximum Gasteiger partial charge on any atom is 0.401 e. The Hall–Kier alpha value is -4.62. The van der Waals surface area contributed by atoms with Gasteiger partial charge in [-0.25, -0.2) is 14.4 Å². The summed E-state index contributed by atoms with van der Waals surface area (Å²) < 4.78 is 61.0. The van der Waals surface area contributed by atoms with Gasteiger partial charge in [0.25, 0.3) is 0 Å². The molecule has 0 bridgehead atoms.